The molecule has 0 radical (unpaired) electrons. The first-order valence-corrected chi connectivity index (χ1v) is 7.25. The third-order valence-electron chi connectivity index (χ3n) is 3.08. The number of aliphatic carboxylic acids is 1. The standard InChI is InChI=1S/C12H19NO4S/c1-3-8(4-2)13-10(14)7-9(12(13)17)18-6-5-11(15)16/h8-9H,3-7H2,1-2H3,(H,15,16). The molecule has 102 valence electrons. The number of hydrogen-bond acceptors (Lipinski definition) is 4. The quantitative estimate of drug-likeness (QED) is 0.712. The molecule has 1 rings (SSSR count). The second-order valence-electron chi connectivity index (χ2n) is 4.28. The van der Waals surface area contributed by atoms with Crippen LogP contribution in [0.4, 0.5) is 0 Å². The van der Waals surface area contributed by atoms with E-state index in [1.807, 2.05) is 13.8 Å². The number of carboxylic acids is 1. The Hall–Kier alpha value is -1.04. The fourth-order valence-corrected chi connectivity index (χ4v) is 3.17. The normalized spacial score (nSPS) is 19.9. The minimum Gasteiger partial charge on any atom is -0.481 e. The molecule has 2 amide bonds. The summed E-state index contributed by atoms with van der Waals surface area (Å²) in [6.07, 6.45) is 1.76. The SMILES string of the molecule is CCC(CC)N1C(=O)CC(SCCC(=O)O)C1=O. The van der Waals surface area contributed by atoms with Gasteiger partial charge in [-0.15, -0.1) is 11.8 Å². The molecule has 0 spiro atoms. The van der Waals surface area contributed by atoms with Crippen LogP contribution in [-0.4, -0.2) is 44.8 Å². The summed E-state index contributed by atoms with van der Waals surface area (Å²) in [6.45, 7) is 3.92. The van der Waals surface area contributed by atoms with Gasteiger partial charge in [-0.2, -0.15) is 0 Å². The van der Waals surface area contributed by atoms with E-state index in [9.17, 15) is 14.4 Å². The molecular formula is C12H19NO4S. The summed E-state index contributed by atoms with van der Waals surface area (Å²) < 4.78 is 0. The van der Waals surface area contributed by atoms with E-state index in [0.717, 1.165) is 12.8 Å². The molecule has 0 aliphatic carbocycles. The Morgan fingerprint density at radius 2 is 2.06 bits per heavy atom. The first kappa shape index (κ1) is 15.0. The second-order valence-corrected chi connectivity index (χ2v) is 5.59. The Bertz CT molecular complexity index is 341. The molecular weight excluding hydrogens is 254 g/mol. The minimum atomic E-state index is -0.879. The van der Waals surface area contributed by atoms with Crippen LogP contribution in [0.3, 0.4) is 0 Å². The van der Waals surface area contributed by atoms with Crippen LogP contribution in [0.25, 0.3) is 0 Å². The number of hydrogen-bond donors (Lipinski definition) is 1. The van der Waals surface area contributed by atoms with Crippen LogP contribution in [0, 0.1) is 0 Å². The van der Waals surface area contributed by atoms with Crippen molar-refractivity contribution in [2.24, 2.45) is 0 Å². The third kappa shape index (κ3) is 3.48. The van der Waals surface area contributed by atoms with Crippen molar-refractivity contribution in [3.63, 3.8) is 0 Å². The van der Waals surface area contributed by atoms with Crippen LogP contribution in [0.1, 0.15) is 39.5 Å². The summed E-state index contributed by atoms with van der Waals surface area (Å²) in [4.78, 5) is 35.7. The maximum Gasteiger partial charge on any atom is 0.304 e. The minimum absolute atomic E-state index is 0.0185. The first-order valence-electron chi connectivity index (χ1n) is 6.20. The predicted octanol–water partition coefficient (Wildman–Crippen LogP) is 1.51. The van der Waals surface area contributed by atoms with Gasteiger partial charge in [-0.25, -0.2) is 0 Å². The van der Waals surface area contributed by atoms with Gasteiger partial charge in [0.1, 0.15) is 0 Å². The summed E-state index contributed by atoms with van der Waals surface area (Å²) in [5.74, 6) is -0.780. The number of nitrogens with zero attached hydrogens (tertiary/aromatic N) is 1. The molecule has 0 aromatic heterocycles. The molecule has 1 atom stereocenters. The van der Waals surface area contributed by atoms with Gasteiger partial charge in [0.05, 0.1) is 11.7 Å². The summed E-state index contributed by atoms with van der Waals surface area (Å²) in [5.41, 5.74) is 0. The summed E-state index contributed by atoms with van der Waals surface area (Å²) in [6, 6.07) is -0.0185. The van der Waals surface area contributed by atoms with Gasteiger partial charge in [-0.3, -0.25) is 19.3 Å². The highest BCUT2D eigenvalue weighted by Crippen LogP contribution is 2.28. The molecule has 1 fully saturated rings. The molecule has 1 heterocycles. The highest BCUT2D eigenvalue weighted by atomic mass is 32.2. The molecule has 0 aromatic rings. The molecule has 5 nitrogen and oxygen atoms in total. The van der Waals surface area contributed by atoms with Crippen molar-refractivity contribution in [3.8, 4) is 0 Å². The zero-order valence-electron chi connectivity index (χ0n) is 10.7. The molecule has 0 saturated carbocycles. The number of imide groups is 1. The zero-order chi connectivity index (χ0) is 13.7. The Balaban J connectivity index is 2.58. The molecule has 1 saturated heterocycles. The summed E-state index contributed by atoms with van der Waals surface area (Å²) in [7, 11) is 0. The van der Waals surface area contributed by atoms with E-state index in [-0.39, 0.29) is 30.7 Å². The number of rotatable bonds is 7. The number of thioether (sulfide) groups is 1. The average molecular weight is 273 g/mol. The van der Waals surface area contributed by atoms with Crippen molar-refractivity contribution in [2.75, 3.05) is 5.75 Å². The average Bonchev–Trinajstić information content (AvgIpc) is 2.58. The van der Waals surface area contributed by atoms with Crippen LogP contribution in [0.15, 0.2) is 0 Å². The molecule has 0 bridgehead atoms. The smallest absolute Gasteiger partial charge is 0.304 e. The number of carboxylic acid groups (broad SMARTS) is 1. The highest BCUT2D eigenvalue weighted by molar-refractivity contribution is 8.00. The van der Waals surface area contributed by atoms with E-state index in [1.165, 1.54) is 16.7 Å². The van der Waals surface area contributed by atoms with Crippen molar-refractivity contribution < 1.29 is 19.5 Å². The molecule has 1 unspecified atom stereocenters. The van der Waals surface area contributed by atoms with Gasteiger partial charge in [0.2, 0.25) is 11.8 Å². The van der Waals surface area contributed by atoms with Crippen molar-refractivity contribution in [1.29, 1.82) is 0 Å². The lowest BCUT2D eigenvalue weighted by atomic mass is 10.1. The van der Waals surface area contributed by atoms with E-state index < -0.39 is 11.2 Å². The van der Waals surface area contributed by atoms with Crippen LogP contribution < -0.4 is 0 Å². The number of carbonyl (C=O) groups is 3. The maximum atomic E-state index is 12.1. The topological polar surface area (TPSA) is 74.7 Å². The first-order chi connectivity index (χ1) is 8.51. The number of carbonyl (C=O) groups excluding carboxylic acids is 2. The van der Waals surface area contributed by atoms with E-state index in [1.54, 1.807) is 0 Å². The fraction of sp³-hybridized carbons (Fsp3) is 0.750. The van der Waals surface area contributed by atoms with Gasteiger partial charge in [0.25, 0.3) is 0 Å². The Kier molecular flexibility index (Phi) is 5.65. The van der Waals surface area contributed by atoms with E-state index >= 15 is 0 Å². The molecule has 1 N–H and O–H groups in total. The molecule has 6 heteroatoms. The Labute approximate surface area is 111 Å². The summed E-state index contributed by atoms with van der Waals surface area (Å²) >= 11 is 1.27. The number of likely N-dealkylation sites (tertiary alicyclic amines) is 1. The lowest BCUT2D eigenvalue weighted by molar-refractivity contribution is -0.141. The van der Waals surface area contributed by atoms with Crippen LogP contribution >= 0.6 is 11.8 Å². The number of amides is 2. The Morgan fingerprint density at radius 1 is 1.44 bits per heavy atom. The zero-order valence-corrected chi connectivity index (χ0v) is 11.5. The van der Waals surface area contributed by atoms with Crippen LogP contribution in [-0.2, 0) is 14.4 Å². The van der Waals surface area contributed by atoms with Gasteiger partial charge >= 0.3 is 5.97 Å². The lowest BCUT2D eigenvalue weighted by Gasteiger charge is -2.24. The van der Waals surface area contributed by atoms with Crippen molar-refractivity contribution in [3.05, 3.63) is 0 Å². The monoisotopic (exact) mass is 273 g/mol. The van der Waals surface area contributed by atoms with Gasteiger partial charge in [-0.1, -0.05) is 13.8 Å². The summed E-state index contributed by atoms with van der Waals surface area (Å²) in [5, 5.41) is 8.15. The molecule has 1 aliphatic rings. The van der Waals surface area contributed by atoms with Gasteiger partial charge in [0, 0.05) is 18.2 Å². The van der Waals surface area contributed by atoms with Crippen molar-refractivity contribution >= 4 is 29.5 Å². The van der Waals surface area contributed by atoms with E-state index in [4.69, 9.17) is 5.11 Å². The second kappa shape index (κ2) is 6.78. The fourth-order valence-electron chi connectivity index (χ4n) is 2.08. The van der Waals surface area contributed by atoms with Gasteiger partial charge in [-0.05, 0) is 12.8 Å². The Morgan fingerprint density at radius 3 is 2.56 bits per heavy atom. The maximum absolute atomic E-state index is 12.1. The largest absolute Gasteiger partial charge is 0.481 e. The molecule has 0 aromatic carbocycles. The molecule has 1 aliphatic heterocycles. The van der Waals surface area contributed by atoms with E-state index in [2.05, 4.69) is 0 Å². The van der Waals surface area contributed by atoms with Gasteiger partial charge < -0.3 is 5.11 Å². The van der Waals surface area contributed by atoms with Crippen LogP contribution in [0.2, 0.25) is 0 Å². The highest BCUT2D eigenvalue weighted by Gasteiger charge is 2.41. The molecule has 18 heavy (non-hydrogen) atoms. The van der Waals surface area contributed by atoms with Crippen molar-refractivity contribution in [2.45, 2.75) is 50.8 Å². The van der Waals surface area contributed by atoms with Crippen LogP contribution in [0.5, 0.6) is 0 Å². The van der Waals surface area contributed by atoms with Gasteiger partial charge in [0.15, 0.2) is 0 Å². The lowest BCUT2D eigenvalue weighted by Crippen LogP contribution is -2.40. The third-order valence-corrected chi connectivity index (χ3v) is 4.29. The van der Waals surface area contributed by atoms with Crippen molar-refractivity contribution in [1.82, 2.24) is 4.90 Å². The van der Waals surface area contributed by atoms with E-state index in [0.29, 0.717) is 5.75 Å². The predicted molar refractivity (Wildman–Crippen MR) is 69.3 cm³/mol.